The SMILES string of the molecule is CCN(C1CC(C)(C)Oc2ccc(NC=O)cc21)S(=O)(=O)CC. The minimum Gasteiger partial charge on any atom is -0.487 e. The number of hydrogen-bond donors (Lipinski definition) is 1. The number of carbonyl (C=O) groups is 1. The molecule has 0 bridgehead atoms. The fraction of sp³-hybridized carbons (Fsp3) is 0.562. The third kappa shape index (κ3) is 3.67. The quantitative estimate of drug-likeness (QED) is 0.808. The van der Waals surface area contributed by atoms with Crippen LogP contribution in [-0.2, 0) is 14.8 Å². The van der Waals surface area contributed by atoms with E-state index >= 15 is 0 Å². The van der Waals surface area contributed by atoms with Crippen LogP contribution in [0, 0.1) is 0 Å². The summed E-state index contributed by atoms with van der Waals surface area (Å²) in [6, 6.07) is 5.01. The average molecular weight is 340 g/mol. The molecule has 7 heteroatoms. The van der Waals surface area contributed by atoms with E-state index < -0.39 is 15.6 Å². The van der Waals surface area contributed by atoms with Gasteiger partial charge in [-0.3, -0.25) is 4.79 Å². The van der Waals surface area contributed by atoms with Gasteiger partial charge in [0.2, 0.25) is 16.4 Å². The van der Waals surface area contributed by atoms with Gasteiger partial charge >= 0.3 is 0 Å². The smallest absolute Gasteiger partial charge is 0.214 e. The first-order valence-corrected chi connectivity index (χ1v) is 9.37. The molecule has 0 fully saturated rings. The molecule has 1 amide bonds. The summed E-state index contributed by atoms with van der Waals surface area (Å²) in [5, 5.41) is 2.60. The zero-order chi connectivity index (χ0) is 17.3. The van der Waals surface area contributed by atoms with Crippen molar-refractivity contribution < 1.29 is 17.9 Å². The van der Waals surface area contributed by atoms with E-state index in [9.17, 15) is 13.2 Å². The van der Waals surface area contributed by atoms with Crippen LogP contribution in [0.2, 0.25) is 0 Å². The summed E-state index contributed by atoms with van der Waals surface area (Å²) in [4.78, 5) is 10.7. The van der Waals surface area contributed by atoms with E-state index in [1.165, 1.54) is 4.31 Å². The standard InChI is InChI=1S/C16H24N2O4S/c1-5-18(23(20,21)6-2)14-10-16(3,4)22-15-8-7-12(17-11-19)9-13(14)15/h7-9,11,14H,5-6,10H2,1-4H3,(H,17,19). The second-order valence-corrected chi connectivity index (χ2v) is 8.41. The van der Waals surface area contributed by atoms with Crippen LogP contribution in [0.3, 0.4) is 0 Å². The zero-order valence-electron chi connectivity index (χ0n) is 14.0. The van der Waals surface area contributed by atoms with Crippen molar-refractivity contribution >= 4 is 22.1 Å². The van der Waals surface area contributed by atoms with E-state index in [4.69, 9.17) is 4.74 Å². The van der Waals surface area contributed by atoms with E-state index in [-0.39, 0.29) is 11.8 Å². The number of rotatable bonds is 6. The molecule has 1 unspecified atom stereocenters. The van der Waals surface area contributed by atoms with Crippen molar-refractivity contribution in [3.8, 4) is 5.75 Å². The first-order valence-electron chi connectivity index (χ1n) is 7.76. The van der Waals surface area contributed by atoms with Crippen LogP contribution >= 0.6 is 0 Å². The van der Waals surface area contributed by atoms with Crippen molar-refractivity contribution in [2.75, 3.05) is 17.6 Å². The van der Waals surface area contributed by atoms with Gasteiger partial charge in [-0.25, -0.2) is 8.42 Å². The molecule has 1 heterocycles. The fourth-order valence-electron chi connectivity index (χ4n) is 3.01. The molecular formula is C16H24N2O4S. The van der Waals surface area contributed by atoms with Crippen molar-refractivity contribution in [1.29, 1.82) is 0 Å². The Labute approximate surface area is 137 Å². The topological polar surface area (TPSA) is 75.7 Å². The van der Waals surface area contributed by atoms with Gasteiger partial charge in [-0.15, -0.1) is 0 Å². The van der Waals surface area contributed by atoms with Crippen LogP contribution < -0.4 is 10.1 Å². The van der Waals surface area contributed by atoms with Crippen molar-refractivity contribution in [1.82, 2.24) is 4.31 Å². The summed E-state index contributed by atoms with van der Waals surface area (Å²) >= 11 is 0. The Kier molecular flexibility index (Phi) is 5.01. The molecule has 128 valence electrons. The molecule has 1 aliphatic heterocycles. The van der Waals surface area contributed by atoms with Crippen LogP contribution in [-0.4, -0.2) is 37.0 Å². The van der Waals surface area contributed by atoms with Crippen LogP contribution in [0.4, 0.5) is 5.69 Å². The lowest BCUT2D eigenvalue weighted by Gasteiger charge is -2.41. The predicted molar refractivity (Wildman–Crippen MR) is 90.0 cm³/mol. The Hall–Kier alpha value is -1.60. The Morgan fingerprint density at radius 1 is 1.39 bits per heavy atom. The minimum atomic E-state index is -3.34. The summed E-state index contributed by atoms with van der Waals surface area (Å²) < 4.78 is 32.5. The number of benzene rings is 1. The van der Waals surface area contributed by atoms with Gasteiger partial charge in [0, 0.05) is 24.2 Å². The predicted octanol–water partition coefficient (Wildman–Crippen LogP) is 2.53. The third-order valence-electron chi connectivity index (χ3n) is 4.05. The normalized spacial score (nSPS) is 19.8. The van der Waals surface area contributed by atoms with E-state index in [1.807, 2.05) is 20.8 Å². The lowest BCUT2D eigenvalue weighted by molar-refractivity contribution is -0.105. The van der Waals surface area contributed by atoms with Gasteiger partial charge in [-0.05, 0) is 39.0 Å². The fourth-order valence-corrected chi connectivity index (χ4v) is 4.31. The molecule has 1 atom stereocenters. The second kappa shape index (κ2) is 6.49. The van der Waals surface area contributed by atoms with Crippen molar-refractivity contribution in [3.63, 3.8) is 0 Å². The van der Waals surface area contributed by atoms with Crippen molar-refractivity contribution in [2.24, 2.45) is 0 Å². The number of fused-ring (bicyclic) bond motifs is 1. The van der Waals surface area contributed by atoms with Gasteiger partial charge in [0.1, 0.15) is 11.4 Å². The number of sulfonamides is 1. The molecule has 0 aliphatic carbocycles. The highest BCUT2D eigenvalue weighted by Gasteiger charge is 2.40. The highest BCUT2D eigenvalue weighted by atomic mass is 32.2. The number of anilines is 1. The van der Waals surface area contributed by atoms with Crippen molar-refractivity contribution in [2.45, 2.75) is 45.8 Å². The molecule has 23 heavy (non-hydrogen) atoms. The number of ether oxygens (including phenoxy) is 1. The summed E-state index contributed by atoms with van der Waals surface area (Å²) in [6.07, 6.45) is 1.16. The number of hydrogen-bond acceptors (Lipinski definition) is 4. The molecule has 0 spiro atoms. The van der Waals surface area contributed by atoms with Crippen LogP contribution in [0.1, 0.15) is 45.7 Å². The largest absolute Gasteiger partial charge is 0.487 e. The minimum absolute atomic E-state index is 0.0558. The molecular weight excluding hydrogens is 316 g/mol. The molecule has 1 aliphatic rings. The average Bonchev–Trinajstić information content (AvgIpc) is 2.47. The first-order chi connectivity index (χ1) is 10.7. The van der Waals surface area contributed by atoms with Crippen molar-refractivity contribution in [3.05, 3.63) is 23.8 Å². The second-order valence-electron chi connectivity index (χ2n) is 6.20. The summed E-state index contributed by atoms with van der Waals surface area (Å²) in [7, 11) is -3.34. The highest BCUT2D eigenvalue weighted by molar-refractivity contribution is 7.89. The Bertz CT molecular complexity index is 685. The van der Waals surface area contributed by atoms with Gasteiger partial charge < -0.3 is 10.1 Å². The number of nitrogens with zero attached hydrogens (tertiary/aromatic N) is 1. The third-order valence-corrected chi connectivity index (χ3v) is 6.00. The monoisotopic (exact) mass is 340 g/mol. The van der Waals surface area contributed by atoms with Gasteiger partial charge in [0.25, 0.3) is 0 Å². The lowest BCUT2D eigenvalue weighted by atomic mass is 9.89. The summed E-state index contributed by atoms with van der Waals surface area (Å²) in [5.74, 6) is 0.715. The molecule has 1 N–H and O–H groups in total. The molecule has 0 aromatic heterocycles. The van der Waals surface area contributed by atoms with Gasteiger partial charge in [-0.2, -0.15) is 4.31 Å². The lowest BCUT2D eigenvalue weighted by Crippen LogP contribution is -2.44. The number of amides is 1. The van der Waals surface area contributed by atoms with Crippen LogP contribution in [0.15, 0.2) is 18.2 Å². The van der Waals surface area contributed by atoms with Gasteiger partial charge in [0.15, 0.2) is 0 Å². The Morgan fingerprint density at radius 3 is 2.65 bits per heavy atom. The molecule has 6 nitrogen and oxygen atoms in total. The zero-order valence-corrected chi connectivity index (χ0v) is 14.8. The first kappa shape index (κ1) is 17.7. The van der Waals surface area contributed by atoms with Gasteiger partial charge in [-0.1, -0.05) is 6.92 Å². The Morgan fingerprint density at radius 2 is 2.09 bits per heavy atom. The van der Waals surface area contributed by atoms with E-state index in [2.05, 4.69) is 5.32 Å². The maximum Gasteiger partial charge on any atom is 0.214 e. The Balaban J connectivity index is 2.55. The summed E-state index contributed by atoms with van der Waals surface area (Å²) in [5.41, 5.74) is 0.945. The van der Waals surface area contributed by atoms with Gasteiger partial charge in [0.05, 0.1) is 11.8 Å². The summed E-state index contributed by atoms with van der Waals surface area (Å²) in [6.45, 7) is 7.78. The molecule has 1 aromatic rings. The molecule has 2 rings (SSSR count). The number of nitrogens with one attached hydrogen (secondary N) is 1. The number of carbonyl (C=O) groups excluding carboxylic acids is 1. The molecule has 0 saturated carbocycles. The van der Waals surface area contributed by atoms with E-state index in [0.29, 0.717) is 30.8 Å². The maximum atomic E-state index is 12.5. The van der Waals surface area contributed by atoms with Crippen LogP contribution in [0.25, 0.3) is 0 Å². The van der Waals surface area contributed by atoms with E-state index in [0.717, 1.165) is 5.56 Å². The molecule has 0 saturated heterocycles. The molecule has 1 aromatic carbocycles. The highest BCUT2D eigenvalue weighted by Crippen LogP contribution is 2.44. The maximum absolute atomic E-state index is 12.5. The van der Waals surface area contributed by atoms with E-state index in [1.54, 1.807) is 25.1 Å². The van der Waals surface area contributed by atoms with Crippen LogP contribution in [0.5, 0.6) is 5.75 Å². The molecule has 0 radical (unpaired) electrons.